The minimum atomic E-state index is -0.400. The lowest BCUT2D eigenvalue weighted by Crippen LogP contribution is -2.13. The van der Waals surface area contributed by atoms with E-state index in [1.165, 1.54) is 21.7 Å². The van der Waals surface area contributed by atoms with Gasteiger partial charge in [0.2, 0.25) is 0 Å². The van der Waals surface area contributed by atoms with E-state index in [9.17, 15) is 4.79 Å². The molecule has 0 radical (unpaired) electrons. The lowest BCUT2D eigenvalue weighted by atomic mass is 10.1. The van der Waals surface area contributed by atoms with Gasteiger partial charge in [0.1, 0.15) is 6.33 Å². The van der Waals surface area contributed by atoms with Crippen molar-refractivity contribution in [1.82, 2.24) is 9.55 Å². The first-order valence-electron chi connectivity index (χ1n) is 6.46. The maximum atomic E-state index is 11.6. The maximum Gasteiger partial charge on any atom is 0.419 e. The zero-order valence-corrected chi connectivity index (χ0v) is 10.9. The molecule has 0 saturated carbocycles. The van der Waals surface area contributed by atoms with E-state index in [-0.39, 0.29) is 0 Å². The van der Waals surface area contributed by atoms with Gasteiger partial charge in [-0.3, -0.25) is 0 Å². The Labute approximate surface area is 116 Å². The van der Waals surface area contributed by atoms with Gasteiger partial charge in [-0.15, -0.1) is 0 Å². The van der Waals surface area contributed by atoms with Crippen LogP contribution < -0.4 is 0 Å². The normalized spacial score (nSPS) is 10.6. The SMILES string of the molecule is O=C(OCCc1ccc2ccccc2c1)n1ccnc1. The van der Waals surface area contributed by atoms with Crippen molar-refractivity contribution in [3.63, 3.8) is 0 Å². The van der Waals surface area contributed by atoms with Crippen LogP contribution in [0.25, 0.3) is 10.8 Å². The fraction of sp³-hybridized carbons (Fsp3) is 0.125. The lowest BCUT2D eigenvalue weighted by molar-refractivity contribution is 0.149. The molecule has 2 aromatic carbocycles. The molecule has 1 aromatic heterocycles. The molecule has 20 heavy (non-hydrogen) atoms. The summed E-state index contributed by atoms with van der Waals surface area (Å²) < 4.78 is 6.51. The summed E-state index contributed by atoms with van der Waals surface area (Å²) in [6.45, 7) is 0.357. The smallest absolute Gasteiger partial charge is 0.419 e. The van der Waals surface area contributed by atoms with Crippen LogP contribution in [-0.2, 0) is 11.2 Å². The molecule has 4 heteroatoms. The van der Waals surface area contributed by atoms with Crippen molar-refractivity contribution in [3.05, 3.63) is 66.7 Å². The number of carbonyl (C=O) groups excluding carboxylic acids is 1. The highest BCUT2D eigenvalue weighted by Gasteiger charge is 2.04. The average molecular weight is 266 g/mol. The number of fused-ring (bicyclic) bond motifs is 1. The summed E-state index contributed by atoms with van der Waals surface area (Å²) in [6.07, 6.45) is 4.84. The van der Waals surface area contributed by atoms with Crippen LogP contribution in [0.15, 0.2) is 61.2 Å². The summed E-state index contributed by atoms with van der Waals surface area (Å²) in [4.78, 5) is 15.4. The highest BCUT2D eigenvalue weighted by atomic mass is 16.5. The molecule has 3 rings (SSSR count). The van der Waals surface area contributed by atoms with E-state index in [0.717, 1.165) is 5.56 Å². The number of benzene rings is 2. The van der Waals surface area contributed by atoms with E-state index < -0.39 is 6.09 Å². The van der Waals surface area contributed by atoms with E-state index in [1.807, 2.05) is 12.1 Å². The first kappa shape index (κ1) is 12.4. The zero-order chi connectivity index (χ0) is 13.8. The van der Waals surface area contributed by atoms with E-state index in [1.54, 1.807) is 12.4 Å². The lowest BCUT2D eigenvalue weighted by Gasteiger charge is -2.06. The molecule has 0 unspecified atom stereocenters. The van der Waals surface area contributed by atoms with Gasteiger partial charge in [-0.2, -0.15) is 0 Å². The number of hydrogen-bond acceptors (Lipinski definition) is 3. The standard InChI is InChI=1S/C16H14N2O2/c19-16(18-9-8-17-12-18)20-10-7-13-5-6-14-3-1-2-4-15(14)11-13/h1-6,8-9,11-12H,7,10H2. The molecule has 3 aromatic rings. The van der Waals surface area contributed by atoms with Gasteiger partial charge >= 0.3 is 6.09 Å². The number of aromatic nitrogens is 2. The van der Waals surface area contributed by atoms with Gasteiger partial charge in [0.15, 0.2) is 0 Å². The van der Waals surface area contributed by atoms with Gasteiger partial charge in [0.25, 0.3) is 0 Å². The molecule has 0 aliphatic rings. The van der Waals surface area contributed by atoms with Crippen molar-refractivity contribution < 1.29 is 9.53 Å². The van der Waals surface area contributed by atoms with Crippen molar-refractivity contribution in [2.75, 3.05) is 6.61 Å². The van der Waals surface area contributed by atoms with Crippen LogP contribution in [0.1, 0.15) is 5.56 Å². The van der Waals surface area contributed by atoms with Crippen LogP contribution in [-0.4, -0.2) is 22.3 Å². The van der Waals surface area contributed by atoms with E-state index in [0.29, 0.717) is 13.0 Å². The first-order valence-corrected chi connectivity index (χ1v) is 6.46. The molecule has 0 spiro atoms. The third-order valence-electron chi connectivity index (χ3n) is 3.15. The van der Waals surface area contributed by atoms with Gasteiger partial charge < -0.3 is 4.74 Å². The van der Waals surface area contributed by atoms with Crippen molar-refractivity contribution in [1.29, 1.82) is 0 Å². The van der Waals surface area contributed by atoms with Crippen LogP contribution in [0, 0.1) is 0 Å². The maximum absolute atomic E-state index is 11.6. The molecule has 0 atom stereocenters. The molecule has 0 bridgehead atoms. The number of imidazole rings is 1. The van der Waals surface area contributed by atoms with Gasteiger partial charge in [0, 0.05) is 18.8 Å². The number of rotatable bonds is 3. The third kappa shape index (κ3) is 2.69. The second-order valence-electron chi connectivity index (χ2n) is 4.52. The molecule has 0 aliphatic heterocycles. The number of hydrogen-bond donors (Lipinski definition) is 0. The Balaban J connectivity index is 1.61. The minimum Gasteiger partial charge on any atom is -0.449 e. The summed E-state index contributed by atoms with van der Waals surface area (Å²) in [5.41, 5.74) is 1.15. The van der Waals surface area contributed by atoms with Gasteiger partial charge in [-0.05, 0) is 16.3 Å². The molecule has 1 heterocycles. The third-order valence-corrected chi connectivity index (χ3v) is 3.15. The van der Waals surface area contributed by atoms with Crippen LogP contribution in [0.4, 0.5) is 4.79 Å². The minimum absolute atomic E-state index is 0.357. The van der Waals surface area contributed by atoms with Crippen molar-refractivity contribution in [2.24, 2.45) is 0 Å². The summed E-state index contributed by atoms with van der Waals surface area (Å²) in [5.74, 6) is 0. The summed E-state index contributed by atoms with van der Waals surface area (Å²) in [5, 5.41) is 2.41. The molecule has 0 N–H and O–H groups in total. The summed E-state index contributed by atoms with van der Waals surface area (Å²) in [7, 11) is 0. The fourth-order valence-electron chi connectivity index (χ4n) is 2.09. The van der Waals surface area contributed by atoms with Crippen molar-refractivity contribution in [3.8, 4) is 0 Å². The predicted octanol–water partition coefficient (Wildman–Crippen LogP) is 3.26. The van der Waals surface area contributed by atoms with Gasteiger partial charge in [-0.25, -0.2) is 14.3 Å². The largest absolute Gasteiger partial charge is 0.449 e. The molecule has 0 fully saturated rings. The van der Waals surface area contributed by atoms with Crippen molar-refractivity contribution in [2.45, 2.75) is 6.42 Å². The zero-order valence-electron chi connectivity index (χ0n) is 10.9. The fourth-order valence-corrected chi connectivity index (χ4v) is 2.09. The predicted molar refractivity (Wildman–Crippen MR) is 76.6 cm³/mol. The highest BCUT2D eigenvalue weighted by Crippen LogP contribution is 2.15. The molecule has 100 valence electrons. The van der Waals surface area contributed by atoms with Gasteiger partial charge in [-0.1, -0.05) is 42.5 Å². The van der Waals surface area contributed by atoms with Crippen LogP contribution in [0.5, 0.6) is 0 Å². The summed E-state index contributed by atoms with van der Waals surface area (Å²) in [6, 6.07) is 14.5. The summed E-state index contributed by atoms with van der Waals surface area (Å²) >= 11 is 0. The second kappa shape index (κ2) is 5.57. The Morgan fingerprint density at radius 3 is 2.80 bits per heavy atom. The monoisotopic (exact) mass is 266 g/mol. The Kier molecular flexibility index (Phi) is 3.46. The average Bonchev–Trinajstić information content (AvgIpc) is 3.01. The number of nitrogens with zero attached hydrogens (tertiary/aromatic N) is 2. The van der Waals surface area contributed by atoms with Crippen molar-refractivity contribution >= 4 is 16.9 Å². The Morgan fingerprint density at radius 2 is 2.00 bits per heavy atom. The van der Waals surface area contributed by atoms with Crippen LogP contribution in [0.3, 0.4) is 0 Å². The first-order chi connectivity index (χ1) is 9.83. The van der Waals surface area contributed by atoms with Crippen LogP contribution in [0.2, 0.25) is 0 Å². The van der Waals surface area contributed by atoms with E-state index in [2.05, 4.69) is 35.3 Å². The van der Waals surface area contributed by atoms with E-state index >= 15 is 0 Å². The second-order valence-corrected chi connectivity index (χ2v) is 4.52. The highest BCUT2D eigenvalue weighted by molar-refractivity contribution is 5.83. The molecular formula is C16H14N2O2. The Morgan fingerprint density at radius 1 is 1.15 bits per heavy atom. The topological polar surface area (TPSA) is 44.1 Å². The van der Waals surface area contributed by atoms with E-state index in [4.69, 9.17) is 4.74 Å². The van der Waals surface area contributed by atoms with Crippen LogP contribution >= 0.6 is 0 Å². The Bertz CT molecular complexity index is 720. The molecule has 0 amide bonds. The quantitative estimate of drug-likeness (QED) is 0.730. The number of carbonyl (C=O) groups is 1. The molecule has 0 aliphatic carbocycles. The van der Waals surface area contributed by atoms with Gasteiger partial charge in [0.05, 0.1) is 6.61 Å². The molecule has 0 saturated heterocycles. The number of ether oxygens (including phenoxy) is 1. The molecule has 4 nitrogen and oxygen atoms in total. The Hall–Kier alpha value is -2.62. The molecular weight excluding hydrogens is 252 g/mol.